The predicted octanol–water partition coefficient (Wildman–Crippen LogP) is 1.46. The Hall–Kier alpha value is -0.0800. The van der Waals surface area contributed by atoms with Gasteiger partial charge in [-0.1, -0.05) is 19.8 Å². The van der Waals surface area contributed by atoms with Crippen molar-refractivity contribution in [1.82, 2.24) is 0 Å². The average molecular weight is 117 g/mol. The maximum absolute atomic E-state index is 4.91. The molecule has 0 bridgehead atoms. The Morgan fingerprint density at radius 3 is 2.62 bits per heavy atom. The van der Waals surface area contributed by atoms with Crippen molar-refractivity contribution in [2.24, 2.45) is 5.90 Å². The summed E-state index contributed by atoms with van der Waals surface area (Å²) in [5, 5.41) is 0. The normalized spacial score (nSPS) is 13.9. The van der Waals surface area contributed by atoms with Gasteiger partial charge in [-0.3, -0.25) is 0 Å². The molecule has 0 fully saturated rings. The van der Waals surface area contributed by atoms with E-state index in [-0.39, 0.29) is 6.10 Å². The minimum Gasteiger partial charge on any atom is -0.302 e. The molecule has 0 radical (unpaired) electrons. The maximum Gasteiger partial charge on any atom is 0.0759 e. The minimum absolute atomic E-state index is 0.231. The third kappa shape index (κ3) is 4.09. The third-order valence-corrected chi connectivity index (χ3v) is 1.20. The number of nitrogens with two attached hydrogens (primary N) is 1. The summed E-state index contributed by atoms with van der Waals surface area (Å²) in [6.45, 7) is 4.14. The van der Waals surface area contributed by atoms with E-state index >= 15 is 0 Å². The Kier molecular flexibility index (Phi) is 5.01. The van der Waals surface area contributed by atoms with Crippen molar-refractivity contribution in [3.05, 3.63) is 0 Å². The highest BCUT2D eigenvalue weighted by Gasteiger charge is 1.95. The van der Waals surface area contributed by atoms with Gasteiger partial charge in [0.25, 0.3) is 0 Å². The van der Waals surface area contributed by atoms with Gasteiger partial charge in [0.15, 0.2) is 0 Å². The third-order valence-electron chi connectivity index (χ3n) is 1.20. The van der Waals surface area contributed by atoms with Gasteiger partial charge in [-0.05, 0) is 13.3 Å². The highest BCUT2D eigenvalue weighted by Crippen LogP contribution is 2.00. The second kappa shape index (κ2) is 5.06. The Balaban J connectivity index is 2.86. The first-order valence-corrected chi connectivity index (χ1v) is 3.16. The zero-order valence-electron chi connectivity index (χ0n) is 5.68. The Labute approximate surface area is 51.0 Å². The SMILES string of the molecule is CCCCC(C)ON. The molecule has 0 saturated carbocycles. The molecule has 2 N–H and O–H groups in total. The fourth-order valence-electron chi connectivity index (χ4n) is 0.560. The van der Waals surface area contributed by atoms with E-state index in [4.69, 9.17) is 5.90 Å². The van der Waals surface area contributed by atoms with Gasteiger partial charge in [0.05, 0.1) is 6.10 Å². The summed E-state index contributed by atoms with van der Waals surface area (Å²) in [5.41, 5.74) is 0. The van der Waals surface area contributed by atoms with Gasteiger partial charge in [-0.25, -0.2) is 5.90 Å². The summed E-state index contributed by atoms with van der Waals surface area (Å²) >= 11 is 0. The van der Waals surface area contributed by atoms with Crippen molar-refractivity contribution < 1.29 is 4.84 Å². The van der Waals surface area contributed by atoms with E-state index < -0.39 is 0 Å². The van der Waals surface area contributed by atoms with Crippen LogP contribution in [0.1, 0.15) is 33.1 Å². The van der Waals surface area contributed by atoms with Crippen LogP contribution in [0.4, 0.5) is 0 Å². The van der Waals surface area contributed by atoms with Crippen LogP contribution in [-0.2, 0) is 4.84 Å². The molecule has 0 rings (SSSR count). The molecule has 0 heterocycles. The molecule has 0 aromatic rings. The maximum atomic E-state index is 4.91. The van der Waals surface area contributed by atoms with Gasteiger partial charge < -0.3 is 4.84 Å². The number of hydrogen-bond donors (Lipinski definition) is 1. The van der Waals surface area contributed by atoms with Crippen LogP contribution in [0, 0.1) is 0 Å². The van der Waals surface area contributed by atoms with Crippen LogP contribution in [0.25, 0.3) is 0 Å². The molecule has 2 heteroatoms. The Bertz CT molecular complexity index is 47.8. The molecular weight excluding hydrogens is 102 g/mol. The number of hydrogen-bond acceptors (Lipinski definition) is 2. The van der Waals surface area contributed by atoms with Crippen molar-refractivity contribution in [3.63, 3.8) is 0 Å². The van der Waals surface area contributed by atoms with Crippen molar-refractivity contribution >= 4 is 0 Å². The van der Waals surface area contributed by atoms with Crippen LogP contribution < -0.4 is 5.90 Å². The van der Waals surface area contributed by atoms with E-state index in [0.29, 0.717) is 0 Å². The second-order valence-corrected chi connectivity index (χ2v) is 2.09. The summed E-state index contributed by atoms with van der Waals surface area (Å²) in [5.74, 6) is 4.91. The van der Waals surface area contributed by atoms with E-state index in [9.17, 15) is 0 Å². The van der Waals surface area contributed by atoms with Gasteiger partial charge in [-0.2, -0.15) is 0 Å². The lowest BCUT2D eigenvalue weighted by Crippen LogP contribution is -2.12. The summed E-state index contributed by atoms with van der Waals surface area (Å²) in [6.07, 6.45) is 3.73. The lowest BCUT2D eigenvalue weighted by atomic mass is 10.2. The van der Waals surface area contributed by atoms with E-state index in [1.165, 1.54) is 12.8 Å². The lowest BCUT2D eigenvalue weighted by Gasteiger charge is -2.05. The Morgan fingerprint density at radius 1 is 1.62 bits per heavy atom. The molecule has 8 heavy (non-hydrogen) atoms. The first-order chi connectivity index (χ1) is 3.81. The van der Waals surface area contributed by atoms with Crippen molar-refractivity contribution in [2.75, 3.05) is 0 Å². The van der Waals surface area contributed by atoms with Gasteiger partial charge >= 0.3 is 0 Å². The number of unbranched alkanes of at least 4 members (excludes halogenated alkanes) is 1. The zero-order valence-corrected chi connectivity index (χ0v) is 5.68. The lowest BCUT2D eigenvalue weighted by molar-refractivity contribution is 0.0592. The molecule has 0 saturated heterocycles. The molecular formula is C6H15NO. The van der Waals surface area contributed by atoms with Gasteiger partial charge in [0.2, 0.25) is 0 Å². The Morgan fingerprint density at radius 2 is 2.25 bits per heavy atom. The van der Waals surface area contributed by atoms with E-state index in [1.54, 1.807) is 0 Å². The van der Waals surface area contributed by atoms with E-state index in [2.05, 4.69) is 11.8 Å². The molecule has 0 aliphatic heterocycles. The van der Waals surface area contributed by atoms with Gasteiger partial charge in [-0.15, -0.1) is 0 Å². The number of rotatable bonds is 4. The quantitative estimate of drug-likeness (QED) is 0.566. The fraction of sp³-hybridized carbons (Fsp3) is 1.00. The highest BCUT2D eigenvalue weighted by atomic mass is 16.6. The molecule has 0 aromatic carbocycles. The van der Waals surface area contributed by atoms with Gasteiger partial charge in [0.1, 0.15) is 0 Å². The van der Waals surface area contributed by atoms with Crippen LogP contribution >= 0.6 is 0 Å². The fourth-order valence-corrected chi connectivity index (χ4v) is 0.560. The smallest absolute Gasteiger partial charge is 0.0759 e. The first-order valence-electron chi connectivity index (χ1n) is 3.16. The minimum atomic E-state index is 0.231. The van der Waals surface area contributed by atoms with Gasteiger partial charge in [0, 0.05) is 0 Å². The largest absolute Gasteiger partial charge is 0.302 e. The molecule has 0 amide bonds. The van der Waals surface area contributed by atoms with Crippen LogP contribution in [-0.4, -0.2) is 6.10 Å². The summed E-state index contributed by atoms with van der Waals surface area (Å²) in [6, 6.07) is 0. The molecule has 0 aliphatic rings. The molecule has 0 aliphatic carbocycles. The predicted molar refractivity (Wildman–Crippen MR) is 34.3 cm³/mol. The second-order valence-electron chi connectivity index (χ2n) is 2.09. The first kappa shape index (κ1) is 7.92. The average Bonchev–Trinajstić information content (AvgIpc) is 1.83. The van der Waals surface area contributed by atoms with Crippen molar-refractivity contribution in [1.29, 1.82) is 0 Å². The molecule has 1 unspecified atom stereocenters. The topological polar surface area (TPSA) is 35.2 Å². The van der Waals surface area contributed by atoms with Crippen LogP contribution in [0.3, 0.4) is 0 Å². The zero-order chi connectivity index (χ0) is 6.41. The molecule has 1 atom stereocenters. The monoisotopic (exact) mass is 117 g/mol. The van der Waals surface area contributed by atoms with Crippen molar-refractivity contribution in [3.8, 4) is 0 Å². The highest BCUT2D eigenvalue weighted by molar-refractivity contribution is 4.46. The van der Waals surface area contributed by atoms with E-state index in [1.807, 2.05) is 6.92 Å². The summed E-state index contributed by atoms with van der Waals surface area (Å²) in [4.78, 5) is 4.55. The van der Waals surface area contributed by atoms with E-state index in [0.717, 1.165) is 6.42 Å². The standard InChI is InChI=1S/C6H15NO/c1-3-4-5-6(2)8-7/h6H,3-5,7H2,1-2H3. The molecule has 2 nitrogen and oxygen atoms in total. The van der Waals surface area contributed by atoms with Crippen molar-refractivity contribution in [2.45, 2.75) is 39.2 Å². The molecule has 50 valence electrons. The summed E-state index contributed by atoms with van der Waals surface area (Å²) < 4.78 is 0. The molecule has 0 spiro atoms. The van der Waals surface area contributed by atoms with Crippen LogP contribution in [0.5, 0.6) is 0 Å². The molecule has 0 aromatic heterocycles. The summed E-state index contributed by atoms with van der Waals surface area (Å²) in [7, 11) is 0. The van der Waals surface area contributed by atoms with Crippen LogP contribution in [0.2, 0.25) is 0 Å². The van der Waals surface area contributed by atoms with Crippen LogP contribution in [0.15, 0.2) is 0 Å².